The fourth-order valence-corrected chi connectivity index (χ4v) is 2.03. The lowest BCUT2D eigenvalue weighted by Gasteiger charge is -2.11. The highest BCUT2D eigenvalue weighted by Gasteiger charge is 2.14. The Labute approximate surface area is 101 Å². The standard InChI is InChI=1S/C9H9ClN4OS/c10-5-7(15)12-9-14-13-8(16-9)6-3-1-2-4-11-6/h1-4,6,11H,5H2,(H,12,14,15)/t6-/m0/s1. The summed E-state index contributed by atoms with van der Waals surface area (Å²) in [7, 11) is 0. The largest absolute Gasteiger partial charge is 0.378 e. The van der Waals surface area contributed by atoms with Gasteiger partial charge in [-0.2, -0.15) is 0 Å². The molecule has 2 N–H and O–H groups in total. The number of dihydropyridines is 1. The number of carbonyl (C=O) groups is 1. The lowest BCUT2D eigenvalue weighted by molar-refractivity contribution is -0.113. The first-order valence-electron chi connectivity index (χ1n) is 4.58. The van der Waals surface area contributed by atoms with Gasteiger partial charge < -0.3 is 5.32 Å². The SMILES string of the molecule is O=C(CCl)Nc1nnc([C@@H]2C=CC=CN2)s1. The van der Waals surface area contributed by atoms with E-state index in [0.29, 0.717) is 5.13 Å². The average molecular weight is 257 g/mol. The van der Waals surface area contributed by atoms with Crippen molar-refractivity contribution in [3.63, 3.8) is 0 Å². The van der Waals surface area contributed by atoms with Crippen molar-refractivity contribution >= 4 is 34.0 Å². The zero-order valence-corrected chi connectivity index (χ0v) is 9.76. The monoisotopic (exact) mass is 256 g/mol. The minimum absolute atomic E-state index is 0.0177. The molecule has 1 aliphatic heterocycles. The Morgan fingerprint density at radius 2 is 2.44 bits per heavy atom. The molecule has 84 valence electrons. The van der Waals surface area contributed by atoms with Crippen molar-refractivity contribution < 1.29 is 4.79 Å². The smallest absolute Gasteiger partial charge is 0.241 e. The van der Waals surface area contributed by atoms with Crippen LogP contribution in [0, 0.1) is 0 Å². The molecule has 0 aromatic carbocycles. The predicted molar refractivity (Wildman–Crippen MR) is 63.4 cm³/mol. The van der Waals surface area contributed by atoms with Gasteiger partial charge in [-0.3, -0.25) is 10.1 Å². The van der Waals surface area contributed by atoms with Gasteiger partial charge in [0.05, 0.1) is 6.04 Å². The van der Waals surface area contributed by atoms with Crippen LogP contribution in [0.4, 0.5) is 5.13 Å². The van der Waals surface area contributed by atoms with Crippen LogP contribution >= 0.6 is 22.9 Å². The summed E-state index contributed by atoms with van der Waals surface area (Å²) in [6.07, 6.45) is 7.63. The van der Waals surface area contributed by atoms with Crippen LogP contribution in [0.2, 0.25) is 0 Å². The Kier molecular flexibility index (Phi) is 3.53. The number of rotatable bonds is 3. The van der Waals surface area contributed by atoms with Crippen LogP contribution in [0.15, 0.2) is 24.4 Å². The van der Waals surface area contributed by atoms with Gasteiger partial charge in [-0.25, -0.2) is 0 Å². The number of carbonyl (C=O) groups excluding carboxylic acids is 1. The first kappa shape index (κ1) is 11.1. The number of hydrogen-bond acceptors (Lipinski definition) is 5. The van der Waals surface area contributed by atoms with Gasteiger partial charge in [-0.1, -0.05) is 23.5 Å². The number of aromatic nitrogens is 2. The molecule has 0 unspecified atom stereocenters. The number of hydrogen-bond donors (Lipinski definition) is 2. The van der Waals surface area contributed by atoms with Crippen molar-refractivity contribution in [2.75, 3.05) is 11.2 Å². The molecule has 0 saturated carbocycles. The normalized spacial score (nSPS) is 18.2. The molecule has 16 heavy (non-hydrogen) atoms. The number of amides is 1. The fourth-order valence-electron chi connectivity index (χ4n) is 1.16. The van der Waals surface area contributed by atoms with E-state index in [1.54, 1.807) is 0 Å². The van der Waals surface area contributed by atoms with Gasteiger partial charge in [-0.15, -0.1) is 21.8 Å². The fraction of sp³-hybridized carbons (Fsp3) is 0.222. The van der Waals surface area contributed by atoms with Gasteiger partial charge in [0, 0.05) is 0 Å². The Morgan fingerprint density at radius 3 is 3.12 bits per heavy atom. The van der Waals surface area contributed by atoms with E-state index in [-0.39, 0.29) is 17.8 Å². The molecular formula is C9H9ClN4OS. The average Bonchev–Trinajstić information content (AvgIpc) is 2.78. The van der Waals surface area contributed by atoms with E-state index in [0.717, 1.165) is 5.01 Å². The van der Waals surface area contributed by atoms with E-state index in [1.165, 1.54) is 11.3 Å². The number of halogens is 1. The number of anilines is 1. The zero-order chi connectivity index (χ0) is 11.4. The van der Waals surface area contributed by atoms with E-state index in [4.69, 9.17) is 11.6 Å². The molecule has 0 fully saturated rings. The van der Waals surface area contributed by atoms with Gasteiger partial charge in [0.25, 0.3) is 0 Å². The van der Waals surface area contributed by atoms with Crippen molar-refractivity contribution in [3.8, 4) is 0 Å². The summed E-state index contributed by atoms with van der Waals surface area (Å²) in [5, 5.41) is 14.8. The molecule has 1 aromatic rings. The van der Waals surface area contributed by atoms with E-state index in [9.17, 15) is 4.79 Å². The molecule has 1 aliphatic rings. The van der Waals surface area contributed by atoms with Gasteiger partial charge in [0.2, 0.25) is 11.0 Å². The van der Waals surface area contributed by atoms with Crippen LogP contribution in [0.1, 0.15) is 11.0 Å². The molecule has 1 atom stereocenters. The summed E-state index contributed by atoms with van der Waals surface area (Å²) in [6, 6.07) is 0.0177. The molecule has 2 heterocycles. The minimum Gasteiger partial charge on any atom is -0.378 e. The van der Waals surface area contributed by atoms with Crippen molar-refractivity contribution in [1.29, 1.82) is 0 Å². The summed E-state index contributed by atoms with van der Waals surface area (Å²) in [5.41, 5.74) is 0. The number of alkyl halides is 1. The maximum absolute atomic E-state index is 11.0. The molecular weight excluding hydrogens is 248 g/mol. The molecule has 0 radical (unpaired) electrons. The van der Waals surface area contributed by atoms with Crippen LogP contribution in [0.3, 0.4) is 0 Å². The highest BCUT2D eigenvalue weighted by molar-refractivity contribution is 7.15. The summed E-state index contributed by atoms with van der Waals surface area (Å²) < 4.78 is 0. The Bertz CT molecular complexity index is 442. The second-order valence-electron chi connectivity index (χ2n) is 3.02. The highest BCUT2D eigenvalue weighted by atomic mass is 35.5. The lowest BCUT2D eigenvalue weighted by Crippen LogP contribution is -2.14. The van der Waals surface area contributed by atoms with Crippen molar-refractivity contribution in [2.45, 2.75) is 6.04 Å². The topological polar surface area (TPSA) is 66.9 Å². The molecule has 0 bridgehead atoms. The van der Waals surface area contributed by atoms with Crippen molar-refractivity contribution in [1.82, 2.24) is 15.5 Å². The van der Waals surface area contributed by atoms with E-state index < -0.39 is 0 Å². The van der Waals surface area contributed by atoms with Crippen LogP contribution < -0.4 is 10.6 Å². The third-order valence-corrected chi connectivity index (χ3v) is 3.03. The lowest BCUT2D eigenvalue weighted by atomic mass is 10.2. The van der Waals surface area contributed by atoms with E-state index in [2.05, 4.69) is 20.8 Å². The zero-order valence-electron chi connectivity index (χ0n) is 8.18. The third kappa shape index (κ3) is 2.59. The summed E-state index contributed by atoms with van der Waals surface area (Å²) >= 11 is 6.69. The van der Waals surface area contributed by atoms with Crippen LogP contribution in [-0.4, -0.2) is 22.0 Å². The maximum Gasteiger partial charge on any atom is 0.241 e. The molecule has 7 heteroatoms. The number of nitrogens with zero attached hydrogens (tertiary/aromatic N) is 2. The molecule has 0 aliphatic carbocycles. The summed E-state index contributed by atoms with van der Waals surface area (Å²) in [4.78, 5) is 11.0. The molecule has 0 spiro atoms. The minimum atomic E-state index is -0.281. The molecule has 1 amide bonds. The van der Waals surface area contributed by atoms with Crippen LogP contribution in [-0.2, 0) is 4.79 Å². The third-order valence-electron chi connectivity index (χ3n) is 1.86. The maximum atomic E-state index is 11.0. The summed E-state index contributed by atoms with van der Waals surface area (Å²) in [6.45, 7) is 0. The molecule has 5 nitrogen and oxygen atoms in total. The first-order chi connectivity index (χ1) is 7.79. The molecule has 1 aromatic heterocycles. The molecule has 0 saturated heterocycles. The second-order valence-corrected chi connectivity index (χ2v) is 4.29. The van der Waals surface area contributed by atoms with E-state index in [1.807, 2.05) is 24.4 Å². The van der Waals surface area contributed by atoms with Crippen LogP contribution in [0.25, 0.3) is 0 Å². The quantitative estimate of drug-likeness (QED) is 0.803. The summed E-state index contributed by atoms with van der Waals surface area (Å²) in [5.74, 6) is -0.365. The van der Waals surface area contributed by atoms with Gasteiger partial charge >= 0.3 is 0 Å². The van der Waals surface area contributed by atoms with Gasteiger partial charge in [0.1, 0.15) is 10.9 Å². The Balaban J connectivity index is 2.04. The van der Waals surface area contributed by atoms with Crippen LogP contribution in [0.5, 0.6) is 0 Å². The Morgan fingerprint density at radius 1 is 1.56 bits per heavy atom. The van der Waals surface area contributed by atoms with Gasteiger partial charge in [0.15, 0.2) is 0 Å². The Hall–Kier alpha value is -1.40. The second kappa shape index (κ2) is 5.09. The van der Waals surface area contributed by atoms with Gasteiger partial charge in [-0.05, 0) is 12.3 Å². The predicted octanol–water partition coefficient (Wildman–Crippen LogP) is 1.43. The van der Waals surface area contributed by atoms with Crippen molar-refractivity contribution in [2.24, 2.45) is 0 Å². The first-order valence-corrected chi connectivity index (χ1v) is 5.93. The molecule has 2 rings (SSSR count). The number of allylic oxidation sites excluding steroid dienone is 2. The number of nitrogens with one attached hydrogen (secondary N) is 2. The highest BCUT2D eigenvalue weighted by Crippen LogP contribution is 2.23. The van der Waals surface area contributed by atoms with Crippen molar-refractivity contribution in [3.05, 3.63) is 29.4 Å². The van der Waals surface area contributed by atoms with E-state index >= 15 is 0 Å².